The fraction of sp³-hybridized carbons (Fsp3) is 0.538. The van der Waals surface area contributed by atoms with Gasteiger partial charge in [0.15, 0.2) is 0 Å². The summed E-state index contributed by atoms with van der Waals surface area (Å²) in [4.78, 5) is 1.38. The van der Waals surface area contributed by atoms with Crippen molar-refractivity contribution in [1.29, 1.82) is 0 Å². The Hall–Kier alpha value is 0.0600. The number of thioether (sulfide) groups is 1. The number of halogens is 1. The van der Waals surface area contributed by atoms with Gasteiger partial charge in [-0.25, -0.2) is 0 Å². The molecule has 0 aromatic heterocycles. The standard InChI is InChI=1S/C13H19IN2S/c1-16(14)11-4-8-13(9-5-11)17-12-6-2-10(15)3-7-12/h4-5,8-10,12H,2-3,6-7,15H2,1H3. The number of anilines is 1. The normalized spacial score (nSPS) is 24.6. The second-order valence-corrected chi connectivity index (χ2v) is 7.45. The summed E-state index contributed by atoms with van der Waals surface area (Å²) in [6.07, 6.45) is 4.90. The van der Waals surface area contributed by atoms with Crippen LogP contribution in [0.4, 0.5) is 5.69 Å². The Morgan fingerprint density at radius 2 is 1.76 bits per heavy atom. The molecule has 2 rings (SSSR count). The van der Waals surface area contributed by atoms with Gasteiger partial charge in [-0.1, -0.05) is 0 Å². The molecule has 1 aromatic carbocycles. The van der Waals surface area contributed by atoms with Gasteiger partial charge in [0.05, 0.1) is 22.9 Å². The lowest BCUT2D eigenvalue weighted by atomic mass is 9.96. The van der Waals surface area contributed by atoms with E-state index in [1.165, 1.54) is 36.3 Å². The van der Waals surface area contributed by atoms with Gasteiger partial charge in [0.25, 0.3) is 0 Å². The molecule has 0 amide bonds. The Morgan fingerprint density at radius 1 is 1.18 bits per heavy atom. The second-order valence-electron chi connectivity index (χ2n) is 4.63. The molecule has 0 bridgehead atoms. The van der Waals surface area contributed by atoms with Gasteiger partial charge >= 0.3 is 0 Å². The summed E-state index contributed by atoms with van der Waals surface area (Å²) in [5.41, 5.74) is 7.18. The molecule has 17 heavy (non-hydrogen) atoms. The average Bonchev–Trinajstić information content (AvgIpc) is 2.33. The van der Waals surface area contributed by atoms with Gasteiger partial charge in [0, 0.05) is 28.9 Å². The summed E-state index contributed by atoms with van der Waals surface area (Å²) in [5.74, 6) is 0. The topological polar surface area (TPSA) is 29.3 Å². The molecule has 1 aliphatic carbocycles. The van der Waals surface area contributed by atoms with E-state index >= 15 is 0 Å². The van der Waals surface area contributed by atoms with Crippen LogP contribution in [0.1, 0.15) is 25.7 Å². The molecule has 2 N–H and O–H groups in total. The van der Waals surface area contributed by atoms with Crippen LogP contribution in [0.15, 0.2) is 29.2 Å². The van der Waals surface area contributed by atoms with Gasteiger partial charge in [-0.05, 0) is 49.9 Å². The highest BCUT2D eigenvalue weighted by Crippen LogP contribution is 2.34. The first-order valence-corrected chi connectivity index (χ1v) is 7.91. The van der Waals surface area contributed by atoms with Gasteiger partial charge in [0.1, 0.15) is 0 Å². The minimum Gasteiger partial charge on any atom is -0.328 e. The first kappa shape index (κ1) is 13.5. The van der Waals surface area contributed by atoms with Crippen molar-refractivity contribution in [3.63, 3.8) is 0 Å². The van der Waals surface area contributed by atoms with Crippen molar-refractivity contribution >= 4 is 40.3 Å². The number of hydrogen-bond acceptors (Lipinski definition) is 3. The largest absolute Gasteiger partial charge is 0.328 e. The Kier molecular flexibility index (Phi) is 4.99. The van der Waals surface area contributed by atoms with E-state index < -0.39 is 0 Å². The molecule has 1 aromatic rings. The van der Waals surface area contributed by atoms with Crippen molar-refractivity contribution < 1.29 is 0 Å². The summed E-state index contributed by atoms with van der Waals surface area (Å²) in [5, 5.41) is 0.762. The van der Waals surface area contributed by atoms with E-state index in [0.29, 0.717) is 6.04 Å². The highest BCUT2D eigenvalue weighted by atomic mass is 127. The number of nitrogens with two attached hydrogens (primary N) is 1. The minimum absolute atomic E-state index is 0.446. The molecule has 1 fully saturated rings. The maximum absolute atomic E-state index is 5.93. The van der Waals surface area contributed by atoms with Crippen molar-refractivity contribution in [2.45, 2.75) is 41.9 Å². The van der Waals surface area contributed by atoms with Gasteiger partial charge in [-0.15, -0.1) is 11.8 Å². The van der Waals surface area contributed by atoms with Crippen LogP contribution in [0.3, 0.4) is 0 Å². The third kappa shape index (κ3) is 4.03. The van der Waals surface area contributed by atoms with E-state index in [2.05, 4.69) is 57.3 Å². The third-order valence-electron chi connectivity index (χ3n) is 3.21. The molecule has 0 unspecified atom stereocenters. The molecule has 94 valence electrons. The van der Waals surface area contributed by atoms with Crippen molar-refractivity contribution in [2.24, 2.45) is 5.73 Å². The Morgan fingerprint density at radius 3 is 2.29 bits per heavy atom. The number of hydrogen-bond donors (Lipinski definition) is 1. The zero-order valence-corrected chi connectivity index (χ0v) is 13.1. The molecule has 0 spiro atoms. The molecule has 0 radical (unpaired) electrons. The van der Waals surface area contributed by atoms with Crippen molar-refractivity contribution in [3.05, 3.63) is 24.3 Å². The first-order valence-electron chi connectivity index (χ1n) is 6.07. The molecular formula is C13H19IN2S. The number of benzene rings is 1. The molecule has 1 aliphatic rings. The van der Waals surface area contributed by atoms with Gasteiger partial charge in [-0.3, -0.25) is 0 Å². The highest BCUT2D eigenvalue weighted by Gasteiger charge is 2.19. The van der Waals surface area contributed by atoms with Crippen molar-refractivity contribution in [3.8, 4) is 0 Å². The van der Waals surface area contributed by atoms with Crippen LogP contribution in [-0.4, -0.2) is 18.3 Å². The molecule has 2 nitrogen and oxygen atoms in total. The smallest absolute Gasteiger partial charge is 0.0588 e. The van der Waals surface area contributed by atoms with E-state index in [1.807, 2.05) is 11.8 Å². The van der Waals surface area contributed by atoms with Crippen LogP contribution < -0.4 is 8.85 Å². The predicted octanol–water partition coefficient (Wildman–Crippen LogP) is 3.83. The van der Waals surface area contributed by atoms with Crippen LogP contribution in [0.2, 0.25) is 0 Å². The summed E-state index contributed by atoms with van der Waals surface area (Å²) in [6.45, 7) is 0. The SMILES string of the molecule is CN(I)c1ccc(SC2CCC(N)CC2)cc1. The average molecular weight is 362 g/mol. The fourth-order valence-corrected chi connectivity index (χ4v) is 3.64. The molecule has 0 aliphatic heterocycles. The van der Waals surface area contributed by atoms with E-state index in [-0.39, 0.29) is 0 Å². The van der Waals surface area contributed by atoms with Crippen LogP contribution in [0.5, 0.6) is 0 Å². The monoisotopic (exact) mass is 362 g/mol. The Balaban J connectivity index is 1.90. The lowest BCUT2D eigenvalue weighted by molar-refractivity contribution is 0.451. The molecule has 0 heterocycles. The van der Waals surface area contributed by atoms with Gasteiger partial charge in [0.2, 0.25) is 0 Å². The maximum atomic E-state index is 5.93. The predicted molar refractivity (Wildman–Crippen MR) is 85.0 cm³/mol. The molecule has 1 saturated carbocycles. The van der Waals surface area contributed by atoms with Crippen LogP contribution in [-0.2, 0) is 0 Å². The van der Waals surface area contributed by atoms with E-state index in [4.69, 9.17) is 5.73 Å². The lowest BCUT2D eigenvalue weighted by Crippen LogP contribution is -2.27. The Bertz CT molecular complexity index is 345. The van der Waals surface area contributed by atoms with Crippen molar-refractivity contribution in [1.82, 2.24) is 0 Å². The van der Waals surface area contributed by atoms with E-state index in [9.17, 15) is 0 Å². The first-order chi connectivity index (χ1) is 8.15. The lowest BCUT2D eigenvalue weighted by Gasteiger charge is -2.25. The summed E-state index contributed by atoms with van der Waals surface area (Å²) in [6, 6.07) is 9.27. The van der Waals surface area contributed by atoms with Crippen molar-refractivity contribution in [2.75, 3.05) is 10.2 Å². The summed E-state index contributed by atoms with van der Waals surface area (Å²) >= 11 is 4.30. The fourth-order valence-electron chi connectivity index (χ4n) is 2.13. The number of rotatable bonds is 3. The van der Waals surface area contributed by atoms with E-state index in [0.717, 1.165) is 5.25 Å². The zero-order chi connectivity index (χ0) is 12.3. The quantitative estimate of drug-likeness (QED) is 0.655. The summed E-state index contributed by atoms with van der Waals surface area (Å²) < 4.78 is 2.10. The highest BCUT2D eigenvalue weighted by molar-refractivity contribution is 14.1. The summed E-state index contributed by atoms with van der Waals surface area (Å²) in [7, 11) is 2.06. The number of nitrogens with zero attached hydrogens (tertiary/aromatic N) is 1. The zero-order valence-electron chi connectivity index (χ0n) is 10.1. The van der Waals surface area contributed by atoms with E-state index in [1.54, 1.807) is 0 Å². The van der Waals surface area contributed by atoms with Gasteiger partial charge in [-0.2, -0.15) is 0 Å². The van der Waals surface area contributed by atoms with Gasteiger partial charge < -0.3 is 8.85 Å². The van der Waals surface area contributed by atoms with Crippen LogP contribution >= 0.6 is 34.6 Å². The third-order valence-corrected chi connectivity index (χ3v) is 5.12. The molecule has 0 atom stereocenters. The van der Waals surface area contributed by atoms with Crippen LogP contribution in [0, 0.1) is 0 Å². The molecule has 4 heteroatoms. The maximum Gasteiger partial charge on any atom is 0.0588 e. The molecule has 0 saturated heterocycles. The minimum atomic E-state index is 0.446. The van der Waals surface area contributed by atoms with Crippen LogP contribution in [0.25, 0.3) is 0 Å². The Labute approximate surface area is 122 Å². The molecular weight excluding hydrogens is 343 g/mol. The second kappa shape index (κ2) is 6.29.